The van der Waals surface area contributed by atoms with E-state index < -0.39 is 0 Å². The Hall–Kier alpha value is -1.75. The molecule has 1 fully saturated rings. The molecule has 1 heterocycles. The number of carbonyl (C=O) groups excluding carboxylic acids is 2. The van der Waals surface area contributed by atoms with Gasteiger partial charge in [-0.25, -0.2) is 0 Å². The largest absolute Gasteiger partial charge is 0.398 e. The number of anilines is 2. The molecule has 0 atom stereocenters. The van der Waals surface area contributed by atoms with Crippen LogP contribution in [-0.2, 0) is 9.59 Å². The molecule has 0 aliphatic carbocycles. The normalized spacial score (nSPS) is 16.2. The monoisotopic (exact) mass is 239 g/mol. The average Bonchev–Trinajstić information content (AvgIpc) is 2.26. The molecule has 5 nitrogen and oxygen atoms in total. The fourth-order valence-corrected chi connectivity index (χ4v) is 1.65. The molecule has 2 amide bonds. The minimum absolute atomic E-state index is 0.0130. The molecular formula is C10H10ClN3O2. The van der Waals surface area contributed by atoms with Crippen molar-refractivity contribution in [3.05, 3.63) is 23.2 Å². The summed E-state index contributed by atoms with van der Waals surface area (Å²) in [5, 5.41) is 2.84. The highest BCUT2D eigenvalue weighted by Gasteiger charge is 2.24. The van der Waals surface area contributed by atoms with Crippen LogP contribution in [-0.4, -0.2) is 24.9 Å². The molecule has 2 rings (SSSR count). The van der Waals surface area contributed by atoms with Crippen molar-refractivity contribution in [2.45, 2.75) is 0 Å². The van der Waals surface area contributed by atoms with Crippen LogP contribution < -0.4 is 16.0 Å². The first-order chi connectivity index (χ1) is 7.58. The second kappa shape index (κ2) is 4.02. The Morgan fingerprint density at radius 1 is 1.38 bits per heavy atom. The number of nitrogens with two attached hydrogens (primary N) is 1. The smallest absolute Gasteiger partial charge is 0.246 e. The number of nitrogen functional groups attached to an aromatic ring is 1. The molecule has 3 N–H and O–H groups in total. The highest BCUT2D eigenvalue weighted by molar-refractivity contribution is 6.33. The molecule has 0 unspecified atom stereocenters. The fraction of sp³-hybridized carbons (Fsp3) is 0.200. The number of carbonyl (C=O) groups is 2. The van der Waals surface area contributed by atoms with Gasteiger partial charge in [-0.3, -0.25) is 9.59 Å². The van der Waals surface area contributed by atoms with Crippen molar-refractivity contribution in [1.29, 1.82) is 0 Å². The summed E-state index contributed by atoms with van der Waals surface area (Å²) in [6, 6.07) is 4.85. The summed E-state index contributed by atoms with van der Waals surface area (Å²) in [5.74, 6) is -0.354. The molecule has 1 saturated heterocycles. The Balaban J connectivity index is 2.31. The number of nitrogens with zero attached hydrogens (tertiary/aromatic N) is 1. The number of rotatable bonds is 1. The van der Waals surface area contributed by atoms with E-state index in [-0.39, 0.29) is 24.9 Å². The standard InChI is InChI=1S/C10H10ClN3O2/c11-7-3-6(1-2-8(7)12)14-5-9(15)13-4-10(14)16/h1-3H,4-5,12H2,(H,13,15). The Labute approximate surface area is 97.2 Å². The van der Waals surface area contributed by atoms with Gasteiger partial charge in [-0.05, 0) is 18.2 Å². The lowest BCUT2D eigenvalue weighted by Gasteiger charge is -2.26. The van der Waals surface area contributed by atoms with Crippen LogP contribution in [0.25, 0.3) is 0 Å². The molecule has 1 aromatic carbocycles. The molecule has 1 aliphatic rings. The summed E-state index contributed by atoms with van der Waals surface area (Å²) < 4.78 is 0. The molecular weight excluding hydrogens is 230 g/mol. The lowest BCUT2D eigenvalue weighted by Crippen LogP contribution is -2.51. The van der Waals surface area contributed by atoms with E-state index >= 15 is 0 Å². The summed E-state index contributed by atoms with van der Waals surface area (Å²) in [6.45, 7) is 0.0277. The molecule has 0 saturated carbocycles. The van der Waals surface area contributed by atoms with Crippen molar-refractivity contribution in [3.8, 4) is 0 Å². The number of hydrogen-bond donors (Lipinski definition) is 2. The minimum atomic E-state index is -0.187. The summed E-state index contributed by atoms with van der Waals surface area (Å²) in [6.07, 6.45) is 0. The van der Waals surface area contributed by atoms with Crippen molar-refractivity contribution < 1.29 is 9.59 Å². The maximum Gasteiger partial charge on any atom is 0.246 e. The zero-order valence-electron chi connectivity index (χ0n) is 8.37. The second-order valence-electron chi connectivity index (χ2n) is 3.46. The predicted octanol–water partition coefficient (Wildman–Crippen LogP) is 0.385. The highest BCUT2D eigenvalue weighted by Crippen LogP contribution is 2.25. The van der Waals surface area contributed by atoms with E-state index in [2.05, 4.69) is 5.32 Å². The van der Waals surface area contributed by atoms with Crippen LogP contribution >= 0.6 is 11.6 Å². The zero-order valence-corrected chi connectivity index (χ0v) is 9.12. The van der Waals surface area contributed by atoms with Crippen molar-refractivity contribution in [2.75, 3.05) is 23.7 Å². The minimum Gasteiger partial charge on any atom is -0.398 e. The first-order valence-electron chi connectivity index (χ1n) is 4.70. The topological polar surface area (TPSA) is 75.4 Å². The third-order valence-electron chi connectivity index (χ3n) is 2.34. The first-order valence-corrected chi connectivity index (χ1v) is 5.08. The number of hydrogen-bond acceptors (Lipinski definition) is 3. The molecule has 0 radical (unpaired) electrons. The summed E-state index contributed by atoms with van der Waals surface area (Å²) in [7, 11) is 0. The Morgan fingerprint density at radius 3 is 2.81 bits per heavy atom. The van der Waals surface area contributed by atoms with Crippen LogP contribution in [0, 0.1) is 0 Å². The molecule has 0 bridgehead atoms. The van der Waals surface area contributed by atoms with Crippen LogP contribution in [0.2, 0.25) is 5.02 Å². The maximum atomic E-state index is 11.6. The van der Waals surface area contributed by atoms with Gasteiger partial charge in [0.25, 0.3) is 0 Å². The quantitative estimate of drug-likeness (QED) is 0.696. The molecule has 16 heavy (non-hydrogen) atoms. The maximum absolute atomic E-state index is 11.6. The highest BCUT2D eigenvalue weighted by atomic mass is 35.5. The summed E-state index contributed by atoms with van der Waals surface area (Å²) in [5.41, 5.74) is 6.59. The SMILES string of the molecule is Nc1ccc(N2CC(=O)NCC2=O)cc1Cl. The fourth-order valence-electron chi connectivity index (χ4n) is 1.48. The van der Waals surface area contributed by atoms with Gasteiger partial charge in [-0.1, -0.05) is 11.6 Å². The van der Waals surface area contributed by atoms with Crippen molar-refractivity contribution >= 4 is 34.8 Å². The van der Waals surface area contributed by atoms with Crippen molar-refractivity contribution in [1.82, 2.24) is 5.32 Å². The van der Waals surface area contributed by atoms with E-state index in [0.29, 0.717) is 16.4 Å². The second-order valence-corrected chi connectivity index (χ2v) is 3.87. The van der Waals surface area contributed by atoms with Crippen LogP contribution in [0.15, 0.2) is 18.2 Å². The molecule has 84 valence electrons. The first kappa shape index (κ1) is 10.8. The van der Waals surface area contributed by atoms with E-state index in [1.165, 1.54) is 4.90 Å². The van der Waals surface area contributed by atoms with Crippen LogP contribution in [0.3, 0.4) is 0 Å². The third kappa shape index (κ3) is 1.94. The summed E-state index contributed by atoms with van der Waals surface area (Å²) in [4.78, 5) is 24.1. The Morgan fingerprint density at radius 2 is 2.12 bits per heavy atom. The number of piperazine rings is 1. The number of amides is 2. The molecule has 0 aromatic heterocycles. The molecule has 1 aromatic rings. The lowest BCUT2D eigenvalue weighted by atomic mass is 10.2. The van der Waals surface area contributed by atoms with Crippen molar-refractivity contribution in [2.24, 2.45) is 0 Å². The van der Waals surface area contributed by atoms with Gasteiger partial charge in [-0.2, -0.15) is 0 Å². The van der Waals surface area contributed by atoms with E-state index in [4.69, 9.17) is 17.3 Å². The van der Waals surface area contributed by atoms with Gasteiger partial charge >= 0.3 is 0 Å². The van der Waals surface area contributed by atoms with Crippen LogP contribution in [0.1, 0.15) is 0 Å². The zero-order chi connectivity index (χ0) is 11.7. The van der Waals surface area contributed by atoms with E-state index in [9.17, 15) is 9.59 Å². The average molecular weight is 240 g/mol. The third-order valence-corrected chi connectivity index (χ3v) is 2.66. The van der Waals surface area contributed by atoms with Gasteiger partial charge in [0.15, 0.2) is 0 Å². The Bertz CT molecular complexity index is 461. The van der Waals surface area contributed by atoms with E-state index in [1.54, 1.807) is 18.2 Å². The van der Waals surface area contributed by atoms with Gasteiger partial charge in [-0.15, -0.1) is 0 Å². The van der Waals surface area contributed by atoms with Gasteiger partial charge in [0.2, 0.25) is 11.8 Å². The predicted molar refractivity (Wildman–Crippen MR) is 61.2 cm³/mol. The van der Waals surface area contributed by atoms with Gasteiger partial charge in [0, 0.05) is 5.69 Å². The van der Waals surface area contributed by atoms with Gasteiger partial charge < -0.3 is 16.0 Å². The molecule has 0 spiro atoms. The molecule has 6 heteroatoms. The summed E-state index contributed by atoms with van der Waals surface area (Å²) >= 11 is 5.85. The lowest BCUT2D eigenvalue weighted by molar-refractivity contribution is -0.128. The molecule has 1 aliphatic heterocycles. The van der Waals surface area contributed by atoms with Gasteiger partial charge in [0.1, 0.15) is 6.54 Å². The van der Waals surface area contributed by atoms with Crippen molar-refractivity contribution in [3.63, 3.8) is 0 Å². The van der Waals surface area contributed by atoms with Gasteiger partial charge in [0.05, 0.1) is 17.3 Å². The number of benzene rings is 1. The Kier molecular flexibility index (Phi) is 2.70. The van der Waals surface area contributed by atoms with E-state index in [0.717, 1.165) is 0 Å². The number of halogens is 1. The van der Waals surface area contributed by atoms with Crippen LogP contribution in [0.5, 0.6) is 0 Å². The number of nitrogens with one attached hydrogen (secondary N) is 1. The van der Waals surface area contributed by atoms with Crippen LogP contribution in [0.4, 0.5) is 11.4 Å². The van der Waals surface area contributed by atoms with E-state index in [1.807, 2.05) is 0 Å².